The maximum absolute atomic E-state index is 13.9. The summed E-state index contributed by atoms with van der Waals surface area (Å²) in [4.78, 5) is 39.3. The Bertz CT molecular complexity index is 2180. The lowest BCUT2D eigenvalue weighted by Gasteiger charge is -2.13. The lowest BCUT2D eigenvalue weighted by atomic mass is 10.0. The fourth-order valence-corrected chi connectivity index (χ4v) is 6.97. The fourth-order valence-electron chi connectivity index (χ4n) is 5.36. The van der Waals surface area contributed by atoms with Gasteiger partial charge >= 0.3 is 5.69 Å². The summed E-state index contributed by atoms with van der Waals surface area (Å²) in [7, 11) is -4.27. The highest BCUT2D eigenvalue weighted by molar-refractivity contribution is 7.90. The van der Waals surface area contributed by atoms with Crippen LogP contribution in [-0.4, -0.2) is 41.1 Å². The zero-order valence-electron chi connectivity index (χ0n) is 27.7. The van der Waals surface area contributed by atoms with Crippen molar-refractivity contribution in [1.29, 1.82) is 0 Å². The smallest absolute Gasteiger partial charge is 0.351 e. The second-order valence-electron chi connectivity index (χ2n) is 11.7. The van der Waals surface area contributed by atoms with Gasteiger partial charge < -0.3 is 5.32 Å². The maximum atomic E-state index is 13.9. The number of carbonyl (C=O) groups is 2. The van der Waals surface area contributed by atoms with E-state index in [0.29, 0.717) is 41.2 Å². The molecule has 2 N–H and O–H groups in total. The number of amides is 2. The van der Waals surface area contributed by atoms with Gasteiger partial charge in [0.1, 0.15) is 5.82 Å². The topological polar surface area (TPSA) is 132 Å². The second-order valence-corrected chi connectivity index (χ2v) is 14.1. The van der Waals surface area contributed by atoms with Gasteiger partial charge in [-0.2, -0.15) is 4.68 Å². The number of aromatic nitrogens is 3. The molecule has 0 bridgehead atoms. The first kappa shape index (κ1) is 36.6. The standard InChI is InChI=1S/C37H37Cl2N5O5S/c1-3-5-15-34-41-44(32-23-27(20-21-31(32)39)35(45)40-22-6-4-2)37(47)43(34)24-25-16-18-26(19-17-25)28-11-8-10-14-33(28)50(48,49)42-36(46)29-12-7-9-13-30(29)38/h7-14,16-21,23H,3-6,15,22,24H2,1-2H3,(H,40,45)(H,42,46). The van der Waals surface area contributed by atoms with Gasteiger partial charge in [-0.15, -0.1) is 5.10 Å². The van der Waals surface area contributed by atoms with Crippen molar-refractivity contribution >= 4 is 45.0 Å². The molecular weight excluding hydrogens is 697 g/mol. The number of nitrogens with zero attached hydrogens (tertiary/aromatic N) is 3. The van der Waals surface area contributed by atoms with Gasteiger partial charge in [-0.25, -0.2) is 17.9 Å². The Hall–Kier alpha value is -4.71. The van der Waals surface area contributed by atoms with Crippen LogP contribution < -0.4 is 15.7 Å². The van der Waals surface area contributed by atoms with E-state index in [1.165, 1.54) is 22.9 Å². The van der Waals surface area contributed by atoms with Crippen molar-refractivity contribution in [2.24, 2.45) is 0 Å². The Morgan fingerprint density at radius 3 is 2.24 bits per heavy atom. The van der Waals surface area contributed by atoms with Crippen LogP contribution in [0.3, 0.4) is 0 Å². The molecule has 0 aliphatic heterocycles. The quantitative estimate of drug-likeness (QED) is 0.118. The summed E-state index contributed by atoms with van der Waals surface area (Å²) in [6.45, 7) is 4.83. The molecule has 4 aromatic carbocycles. The molecule has 5 aromatic rings. The molecule has 2 amide bonds. The van der Waals surface area contributed by atoms with Gasteiger partial charge in [0.2, 0.25) is 0 Å². The van der Waals surface area contributed by atoms with Crippen LogP contribution in [-0.2, 0) is 23.0 Å². The normalized spacial score (nSPS) is 11.4. The molecule has 0 unspecified atom stereocenters. The van der Waals surface area contributed by atoms with Gasteiger partial charge in [0.05, 0.1) is 32.7 Å². The number of aryl methyl sites for hydroxylation is 1. The van der Waals surface area contributed by atoms with Crippen LogP contribution >= 0.6 is 23.2 Å². The summed E-state index contributed by atoms with van der Waals surface area (Å²) < 4.78 is 31.7. The minimum atomic E-state index is -4.27. The summed E-state index contributed by atoms with van der Waals surface area (Å²) in [5.41, 5.74) is 2.08. The van der Waals surface area contributed by atoms with Crippen molar-refractivity contribution in [3.63, 3.8) is 0 Å². The van der Waals surface area contributed by atoms with Crippen LogP contribution in [0, 0.1) is 0 Å². The molecule has 0 atom stereocenters. The molecule has 1 aromatic heterocycles. The van der Waals surface area contributed by atoms with Gasteiger partial charge in [-0.3, -0.25) is 14.2 Å². The number of sulfonamides is 1. The van der Waals surface area contributed by atoms with Gasteiger partial charge in [-0.1, -0.05) is 104 Å². The van der Waals surface area contributed by atoms with Gasteiger partial charge in [-0.05, 0) is 60.4 Å². The van der Waals surface area contributed by atoms with Gasteiger partial charge in [0.15, 0.2) is 0 Å². The molecule has 0 aliphatic carbocycles. The van der Waals surface area contributed by atoms with E-state index in [-0.39, 0.29) is 33.0 Å². The molecular formula is C37H37Cl2N5O5S. The van der Waals surface area contributed by atoms with Crippen molar-refractivity contribution in [2.75, 3.05) is 6.54 Å². The van der Waals surface area contributed by atoms with Gasteiger partial charge in [0, 0.05) is 24.1 Å². The maximum Gasteiger partial charge on any atom is 0.351 e. The van der Waals surface area contributed by atoms with Gasteiger partial charge in [0.25, 0.3) is 21.8 Å². The first-order chi connectivity index (χ1) is 24.0. The third kappa shape index (κ3) is 8.35. The molecule has 0 saturated carbocycles. The third-order valence-corrected chi connectivity index (χ3v) is 10.1. The van der Waals surface area contributed by atoms with E-state index in [1.54, 1.807) is 65.2 Å². The van der Waals surface area contributed by atoms with Crippen LogP contribution in [0.4, 0.5) is 0 Å². The van der Waals surface area contributed by atoms with E-state index in [9.17, 15) is 22.8 Å². The number of carbonyl (C=O) groups excluding carboxylic acids is 2. The Balaban J connectivity index is 1.43. The van der Waals surface area contributed by atoms with E-state index >= 15 is 0 Å². The first-order valence-electron chi connectivity index (χ1n) is 16.3. The predicted molar refractivity (Wildman–Crippen MR) is 196 cm³/mol. The van der Waals surface area contributed by atoms with E-state index in [0.717, 1.165) is 31.2 Å². The number of hydrogen-bond acceptors (Lipinski definition) is 6. The molecule has 50 heavy (non-hydrogen) atoms. The molecule has 0 aliphatic rings. The molecule has 1 heterocycles. The lowest BCUT2D eigenvalue weighted by Crippen LogP contribution is -2.31. The molecule has 5 rings (SSSR count). The number of nitrogens with one attached hydrogen (secondary N) is 2. The number of hydrogen-bond donors (Lipinski definition) is 2. The molecule has 0 spiro atoms. The first-order valence-corrected chi connectivity index (χ1v) is 18.5. The van der Waals surface area contributed by atoms with Crippen LogP contribution in [0.5, 0.6) is 0 Å². The average Bonchev–Trinajstić information content (AvgIpc) is 3.41. The van der Waals surface area contributed by atoms with Crippen LogP contribution in [0.15, 0.2) is 101 Å². The lowest BCUT2D eigenvalue weighted by molar-refractivity contribution is 0.0950. The Morgan fingerprint density at radius 1 is 0.820 bits per heavy atom. The second kappa shape index (κ2) is 16.3. The van der Waals surface area contributed by atoms with Crippen molar-refractivity contribution in [3.8, 4) is 16.8 Å². The number of benzene rings is 4. The molecule has 0 saturated heterocycles. The monoisotopic (exact) mass is 733 g/mol. The van der Waals surface area contributed by atoms with Crippen molar-refractivity contribution in [3.05, 3.63) is 134 Å². The molecule has 10 nitrogen and oxygen atoms in total. The van der Waals surface area contributed by atoms with E-state index in [1.807, 2.05) is 19.1 Å². The number of halogens is 2. The minimum Gasteiger partial charge on any atom is -0.352 e. The Labute approximate surface area is 301 Å². The third-order valence-electron chi connectivity index (χ3n) is 8.07. The Morgan fingerprint density at radius 2 is 1.52 bits per heavy atom. The Kier molecular flexibility index (Phi) is 11.9. The number of rotatable bonds is 14. The highest BCUT2D eigenvalue weighted by atomic mass is 35.5. The van der Waals surface area contributed by atoms with E-state index in [2.05, 4.69) is 22.1 Å². The van der Waals surface area contributed by atoms with Crippen LogP contribution in [0.2, 0.25) is 10.0 Å². The highest BCUT2D eigenvalue weighted by Crippen LogP contribution is 2.28. The summed E-state index contributed by atoms with van der Waals surface area (Å²) in [5.74, 6) is -0.526. The zero-order chi connectivity index (χ0) is 35.8. The predicted octanol–water partition coefficient (Wildman–Crippen LogP) is 7.05. The summed E-state index contributed by atoms with van der Waals surface area (Å²) in [6.07, 6.45) is 4.05. The highest BCUT2D eigenvalue weighted by Gasteiger charge is 2.24. The average molecular weight is 735 g/mol. The molecule has 0 fully saturated rings. The SMILES string of the molecule is CCCCNC(=O)c1ccc(Cl)c(-n2nc(CCCC)n(Cc3ccc(-c4ccccc4S(=O)(=O)NC(=O)c4ccccc4Cl)cc3)c2=O)c1. The number of unbranched alkanes of at least 4 members (excludes halogenated alkanes) is 2. The van der Waals surface area contributed by atoms with Crippen molar-refractivity contribution < 1.29 is 18.0 Å². The minimum absolute atomic E-state index is 0.0410. The largest absolute Gasteiger partial charge is 0.352 e. The molecule has 0 radical (unpaired) electrons. The zero-order valence-corrected chi connectivity index (χ0v) is 30.0. The fraction of sp³-hybridized carbons (Fsp3) is 0.243. The molecule has 13 heteroatoms. The summed E-state index contributed by atoms with van der Waals surface area (Å²) in [6, 6.07) is 24.5. The summed E-state index contributed by atoms with van der Waals surface area (Å²) >= 11 is 12.6. The van der Waals surface area contributed by atoms with Crippen molar-refractivity contribution in [1.82, 2.24) is 24.4 Å². The van der Waals surface area contributed by atoms with Crippen molar-refractivity contribution in [2.45, 2.75) is 57.4 Å². The summed E-state index contributed by atoms with van der Waals surface area (Å²) in [5, 5.41) is 7.94. The molecule has 260 valence electrons. The van der Waals surface area contributed by atoms with Crippen LogP contribution in [0.1, 0.15) is 71.6 Å². The van der Waals surface area contributed by atoms with E-state index < -0.39 is 21.6 Å². The van der Waals surface area contributed by atoms with E-state index in [4.69, 9.17) is 23.2 Å². The van der Waals surface area contributed by atoms with Crippen LogP contribution in [0.25, 0.3) is 16.8 Å².